The van der Waals surface area contributed by atoms with E-state index in [1.54, 1.807) is 16.3 Å². The van der Waals surface area contributed by atoms with Crippen LogP contribution in [0, 0.1) is 0 Å². The Labute approximate surface area is 183 Å². The van der Waals surface area contributed by atoms with Crippen LogP contribution in [-0.4, -0.2) is 52.8 Å². The number of aromatic nitrogens is 2. The van der Waals surface area contributed by atoms with Gasteiger partial charge in [0, 0.05) is 25.3 Å². The van der Waals surface area contributed by atoms with Gasteiger partial charge in [-0.05, 0) is 44.0 Å². The van der Waals surface area contributed by atoms with Gasteiger partial charge in [0.15, 0.2) is 5.16 Å². The number of thioether (sulfide) groups is 2. The van der Waals surface area contributed by atoms with Crippen LogP contribution in [0.2, 0.25) is 0 Å². The monoisotopic (exact) mass is 447 g/mol. The zero-order valence-electron chi connectivity index (χ0n) is 16.9. The number of amides is 1. The van der Waals surface area contributed by atoms with E-state index in [0.717, 1.165) is 43.1 Å². The van der Waals surface area contributed by atoms with Crippen molar-refractivity contribution in [1.29, 1.82) is 0 Å². The predicted molar refractivity (Wildman–Crippen MR) is 118 cm³/mol. The Balaban J connectivity index is 1.53. The summed E-state index contributed by atoms with van der Waals surface area (Å²) >= 11 is 2.83. The molecule has 1 saturated heterocycles. The van der Waals surface area contributed by atoms with Crippen LogP contribution in [0.15, 0.2) is 39.1 Å². The number of ether oxygens (including phenoxy) is 2. The van der Waals surface area contributed by atoms with Crippen molar-refractivity contribution in [3.63, 3.8) is 0 Å². The van der Waals surface area contributed by atoms with Crippen molar-refractivity contribution in [2.45, 2.75) is 42.3 Å². The van der Waals surface area contributed by atoms with Crippen molar-refractivity contribution < 1.29 is 14.3 Å². The third-order valence-electron chi connectivity index (χ3n) is 4.96. The van der Waals surface area contributed by atoms with E-state index in [9.17, 15) is 9.59 Å². The van der Waals surface area contributed by atoms with Crippen molar-refractivity contribution in [2.24, 2.45) is 0 Å². The number of benzene rings is 1. The highest BCUT2D eigenvalue weighted by Crippen LogP contribution is 2.30. The molecule has 2 aliphatic heterocycles. The third kappa shape index (κ3) is 4.84. The van der Waals surface area contributed by atoms with Gasteiger partial charge in [0.2, 0.25) is 5.91 Å². The second-order valence-corrected chi connectivity index (χ2v) is 9.11. The van der Waals surface area contributed by atoms with Gasteiger partial charge in [0.05, 0.1) is 34.7 Å². The van der Waals surface area contributed by atoms with E-state index in [4.69, 9.17) is 14.5 Å². The second kappa shape index (κ2) is 9.89. The highest BCUT2D eigenvalue weighted by atomic mass is 32.2. The molecule has 1 aromatic carbocycles. The fourth-order valence-electron chi connectivity index (χ4n) is 3.49. The van der Waals surface area contributed by atoms with Crippen LogP contribution in [0.5, 0.6) is 5.75 Å². The van der Waals surface area contributed by atoms with Gasteiger partial charge in [-0.1, -0.05) is 11.8 Å². The maximum atomic E-state index is 13.2. The van der Waals surface area contributed by atoms with Crippen LogP contribution in [0.1, 0.15) is 25.5 Å². The number of aryl methyl sites for hydroxylation is 1. The van der Waals surface area contributed by atoms with Crippen molar-refractivity contribution in [3.8, 4) is 11.4 Å². The van der Waals surface area contributed by atoms with Crippen LogP contribution in [0.3, 0.4) is 0 Å². The first-order chi connectivity index (χ1) is 14.7. The van der Waals surface area contributed by atoms with Gasteiger partial charge >= 0.3 is 0 Å². The minimum atomic E-state index is -0.0853. The average Bonchev–Trinajstić information content (AvgIpc) is 3.44. The number of hydrogen-bond acceptors (Lipinski definition) is 7. The molecule has 0 spiro atoms. The van der Waals surface area contributed by atoms with E-state index < -0.39 is 0 Å². The second-order valence-electron chi connectivity index (χ2n) is 7.06. The van der Waals surface area contributed by atoms with E-state index in [2.05, 4.69) is 5.32 Å². The zero-order chi connectivity index (χ0) is 20.9. The van der Waals surface area contributed by atoms with E-state index in [0.29, 0.717) is 28.9 Å². The Morgan fingerprint density at radius 2 is 2.23 bits per heavy atom. The molecule has 7 nitrogen and oxygen atoms in total. The lowest BCUT2D eigenvalue weighted by molar-refractivity contribution is -0.119. The summed E-state index contributed by atoms with van der Waals surface area (Å²) in [5.74, 6) is 1.72. The molecule has 0 saturated carbocycles. The first-order valence-corrected chi connectivity index (χ1v) is 12.2. The van der Waals surface area contributed by atoms with Gasteiger partial charge in [-0.15, -0.1) is 11.8 Å². The smallest absolute Gasteiger partial charge is 0.272 e. The minimum absolute atomic E-state index is 0.0751. The lowest BCUT2D eigenvalue weighted by Crippen LogP contribution is -2.33. The van der Waals surface area contributed by atoms with Crippen LogP contribution < -0.4 is 15.6 Å². The lowest BCUT2D eigenvalue weighted by Gasteiger charge is -2.15. The van der Waals surface area contributed by atoms with Crippen molar-refractivity contribution in [2.75, 3.05) is 31.3 Å². The summed E-state index contributed by atoms with van der Waals surface area (Å²) in [7, 11) is 0. The molecule has 1 unspecified atom stereocenters. The molecule has 0 radical (unpaired) electrons. The molecule has 4 rings (SSSR count). The van der Waals surface area contributed by atoms with Gasteiger partial charge < -0.3 is 14.8 Å². The largest absolute Gasteiger partial charge is 0.494 e. The van der Waals surface area contributed by atoms with Gasteiger partial charge in [0.25, 0.3) is 5.56 Å². The molecular weight excluding hydrogens is 422 g/mol. The summed E-state index contributed by atoms with van der Waals surface area (Å²) in [4.78, 5) is 30.9. The Morgan fingerprint density at radius 3 is 2.97 bits per heavy atom. The van der Waals surface area contributed by atoms with E-state index in [1.165, 1.54) is 11.8 Å². The first kappa shape index (κ1) is 21.3. The van der Waals surface area contributed by atoms with Gasteiger partial charge in [-0.25, -0.2) is 4.98 Å². The Kier molecular flexibility index (Phi) is 7.01. The predicted octanol–water partition coefficient (Wildman–Crippen LogP) is 2.67. The van der Waals surface area contributed by atoms with E-state index in [-0.39, 0.29) is 23.3 Å². The molecule has 3 heterocycles. The molecule has 1 amide bonds. The maximum Gasteiger partial charge on any atom is 0.272 e. The summed E-state index contributed by atoms with van der Waals surface area (Å²) < 4.78 is 12.7. The quantitative estimate of drug-likeness (QED) is 0.492. The molecule has 1 aromatic heterocycles. The van der Waals surface area contributed by atoms with Crippen molar-refractivity contribution in [3.05, 3.63) is 40.3 Å². The average molecular weight is 448 g/mol. The summed E-state index contributed by atoms with van der Waals surface area (Å²) in [5, 5.41) is 3.46. The Hall–Kier alpha value is -1.97. The molecule has 9 heteroatoms. The molecule has 30 heavy (non-hydrogen) atoms. The summed E-state index contributed by atoms with van der Waals surface area (Å²) in [5.41, 5.74) is 1.47. The van der Waals surface area contributed by atoms with Crippen LogP contribution in [0.25, 0.3) is 5.69 Å². The number of nitrogens with zero attached hydrogens (tertiary/aromatic N) is 2. The summed E-state index contributed by atoms with van der Waals surface area (Å²) in [6.45, 7) is 3.80. The van der Waals surface area contributed by atoms with Crippen molar-refractivity contribution >= 4 is 29.4 Å². The number of fused-ring (bicyclic) bond motifs is 1. The molecule has 2 aromatic rings. The van der Waals surface area contributed by atoms with Gasteiger partial charge in [-0.3, -0.25) is 14.2 Å². The first-order valence-electron chi connectivity index (χ1n) is 10.2. The highest BCUT2D eigenvalue weighted by molar-refractivity contribution is 8.00. The van der Waals surface area contributed by atoms with Crippen LogP contribution in [-0.2, 0) is 16.0 Å². The van der Waals surface area contributed by atoms with Gasteiger partial charge in [-0.2, -0.15) is 0 Å². The molecular formula is C21H25N3O4S2. The number of nitrogens with one attached hydrogen (secondary N) is 1. The third-order valence-corrected chi connectivity index (χ3v) is 7.00. The normalized spacial score (nSPS) is 17.7. The van der Waals surface area contributed by atoms with Crippen molar-refractivity contribution in [1.82, 2.24) is 14.9 Å². The standard InChI is InChI=1S/C21H25N3O4S2/c1-2-27-15-7-5-14(6-8-15)24-20(26)19-17(9-11-29-19)23-21(24)30-13-18(25)22-12-16-4-3-10-28-16/h5-8,16H,2-4,9-13H2,1H3,(H,22,25). The number of rotatable bonds is 8. The van der Waals surface area contributed by atoms with Crippen LogP contribution in [0.4, 0.5) is 0 Å². The van der Waals surface area contributed by atoms with E-state index in [1.807, 2.05) is 31.2 Å². The van der Waals surface area contributed by atoms with Crippen LogP contribution >= 0.6 is 23.5 Å². The fourth-order valence-corrected chi connectivity index (χ4v) is 5.37. The lowest BCUT2D eigenvalue weighted by atomic mass is 10.2. The summed E-state index contributed by atoms with van der Waals surface area (Å²) in [6, 6.07) is 7.38. The van der Waals surface area contributed by atoms with E-state index >= 15 is 0 Å². The Bertz CT molecular complexity index is 956. The number of carbonyl (C=O) groups excluding carboxylic acids is 1. The minimum Gasteiger partial charge on any atom is -0.494 e. The fraction of sp³-hybridized carbons (Fsp3) is 0.476. The maximum absolute atomic E-state index is 13.2. The molecule has 0 bridgehead atoms. The molecule has 2 aliphatic rings. The molecule has 160 valence electrons. The molecule has 1 fully saturated rings. The molecule has 1 N–H and O–H groups in total. The topological polar surface area (TPSA) is 82.4 Å². The zero-order valence-corrected chi connectivity index (χ0v) is 18.5. The molecule has 0 aliphatic carbocycles. The summed E-state index contributed by atoms with van der Waals surface area (Å²) in [6.07, 6.45) is 2.91. The Morgan fingerprint density at radius 1 is 1.40 bits per heavy atom. The number of carbonyl (C=O) groups is 1. The molecule has 1 atom stereocenters. The highest BCUT2D eigenvalue weighted by Gasteiger charge is 2.23. The van der Waals surface area contributed by atoms with Gasteiger partial charge in [0.1, 0.15) is 5.75 Å². The SMILES string of the molecule is CCOc1ccc(-n2c(SCC(=O)NCC3CCCO3)nc3c(c2=O)SCC3)cc1. The number of hydrogen-bond donors (Lipinski definition) is 1.